The molecule has 0 N–H and O–H groups in total. The molecule has 0 radical (unpaired) electrons. The van der Waals surface area contributed by atoms with Crippen LogP contribution < -0.4 is 0 Å². The Morgan fingerprint density at radius 1 is 0.429 bits per heavy atom. The van der Waals surface area contributed by atoms with Crippen LogP contribution in [0.4, 0.5) is 0 Å². The van der Waals surface area contributed by atoms with Gasteiger partial charge in [-0.15, -0.1) is 0 Å². The summed E-state index contributed by atoms with van der Waals surface area (Å²) in [5, 5.41) is 0. The second-order valence-electron chi connectivity index (χ2n) is 3.23. The van der Waals surface area contributed by atoms with Crippen LogP contribution >= 0.6 is 0 Å². The Morgan fingerprint density at radius 3 is 1.64 bits per heavy atom. The Hall–Kier alpha value is -1.30. The van der Waals surface area contributed by atoms with Crippen LogP contribution in [0.15, 0.2) is 60.8 Å². The van der Waals surface area contributed by atoms with Crippen molar-refractivity contribution in [2.75, 3.05) is 0 Å². The minimum Gasteiger partial charge on any atom is -0.0879 e. The largest absolute Gasteiger partial charge is 0.0879 e. The average molecular weight is 186 g/mol. The molecule has 0 amide bonds. The number of hydrogen-bond acceptors (Lipinski definition) is 0. The van der Waals surface area contributed by atoms with E-state index in [1.165, 1.54) is 0 Å². The monoisotopic (exact) mass is 186 g/mol. The Labute approximate surface area is 87.0 Å². The maximum atomic E-state index is 2.24. The van der Waals surface area contributed by atoms with Crippen LogP contribution in [-0.2, 0) is 0 Å². The van der Waals surface area contributed by atoms with Gasteiger partial charge in [-0.2, -0.15) is 0 Å². The van der Waals surface area contributed by atoms with E-state index >= 15 is 0 Å². The molecule has 0 atom stereocenters. The van der Waals surface area contributed by atoms with Crippen LogP contribution in [0.2, 0.25) is 0 Å². The summed E-state index contributed by atoms with van der Waals surface area (Å²) in [5.74, 6) is 0. The maximum Gasteiger partial charge on any atom is -0.0163 e. The molecule has 0 spiro atoms. The topological polar surface area (TPSA) is 0 Å². The van der Waals surface area contributed by atoms with Crippen molar-refractivity contribution in [2.24, 2.45) is 0 Å². The van der Waals surface area contributed by atoms with Gasteiger partial charge in [0.15, 0.2) is 0 Å². The lowest BCUT2D eigenvalue weighted by molar-refractivity contribution is 1.04. The SMILES string of the molecule is C1=C\C/C=C\C=C\CC/C=C/C/C=C/1. The Morgan fingerprint density at radius 2 is 0.929 bits per heavy atom. The third kappa shape index (κ3) is 6.24. The van der Waals surface area contributed by atoms with E-state index in [-0.39, 0.29) is 0 Å². The van der Waals surface area contributed by atoms with Crippen molar-refractivity contribution >= 4 is 0 Å². The summed E-state index contributed by atoms with van der Waals surface area (Å²) >= 11 is 0. The van der Waals surface area contributed by atoms with E-state index in [2.05, 4.69) is 60.8 Å². The third-order valence-corrected chi connectivity index (χ3v) is 1.98. The third-order valence-electron chi connectivity index (χ3n) is 1.98. The molecule has 0 bridgehead atoms. The van der Waals surface area contributed by atoms with Gasteiger partial charge in [-0.05, 0) is 25.7 Å². The number of hydrogen-bond donors (Lipinski definition) is 0. The molecule has 0 aromatic carbocycles. The van der Waals surface area contributed by atoms with E-state index in [0.29, 0.717) is 0 Å². The quantitative estimate of drug-likeness (QED) is 0.494. The van der Waals surface area contributed by atoms with Crippen molar-refractivity contribution in [3.63, 3.8) is 0 Å². The van der Waals surface area contributed by atoms with Crippen molar-refractivity contribution in [2.45, 2.75) is 25.7 Å². The smallest absolute Gasteiger partial charge is 0.0163 e. The fourth-order valence-corrected chi connectivity index (χ4v) is 1.21. The van der Waals surface area contributed by atoms with Crippen LogP contribution in [0.5, 0.6) is 0 Å². The van der Waals surface area contributed by atoms with Crippen LogP contribution in [-0.4, -0.2) is 0 Å². The predicted molar refractivity (Wildman–Crippen MR) is 64.2 cm³/mol. The summed E-state index contributed by atoms with van der Waals surface area (Å²) in [5.41, 5.74) is 0. The van der Waals surface area contributed by atoms with Gasteiger partial charge in [0.1, 0.15) is 0 Å². The van der Waals surface area contributed by atoms with Gasteiger partial charge in [-0.25, -0.2) is 0 Å². The first-order valence-corrected chi connectivity index (χ1v) is 5.28. The van der Waals surface area contributed by atoms with E-state index < -0.39 is 0 Å². The van der Waals surface area contributed by atoms with Gasteiger partial charge >= 0.3 is 0 Å². The molecule has 14 heavy (non-hydrogen) atoms. The molecule has 0 heterocycles. The molecule has 0 fully saturated rings. The molecule has 0 saturated carbocycles. The normalized spacial score (nSPS) is 29.7. The standard InChI is InChI=1S/C14H18/c1-2-4-6-8-10-12-14-13-11-9-7-5-3-1/h1-4,7-11,13H,5-6,12,14H2/b3-1-,4-2+,9-7-,10-8+,13-11+. The molecule has 1 aliphatic rings. The second kappa shape index (κ2) is 8.31. The van der Waals surface area contributed by atoms with E-state index in [4.69, 9.17) is 0 Å². The molecule has 0 saturated heterocycles. The van der Waals surface area contributed by atoms with Gasteiger partial charge in [-0.3, -0.25) is 0 Å². The average Bonchev–Trinajstić information content (AvgIpc) is 2.22. The van der Waals surface area contributed by atoms with Gasteiger partial charge < -0.3 is 0 Å². The molecule has 0 aromatic heterocycles. The van der Waals surface area contributed by atoms with Crippen molar-refractivity contribution in [1.82, 2.24) is 0 Å². The lowest BCUT2D eigenvalue weighted by Gasteiger charge is -1.87. The molecule has 0 unspecified atom stereocenters. The summed E-state index contributed by atoms with van der Waals surface area (Å²) in [6.45, 7) is 0. The van der Waals surface area contributed by atoms with Crippen LogP contribution in [0.25, 0.3) is 0 Å². The zero-order valence-corrected chi connectivity index (χ0v) is 8.60. The minimum absolute atomic E-state index is 1.02. The second-order valence-corrected chi connectivity index (χ2v) is 3.23. The molecular weight excluding hydrogens is 168 g/mol. The highest BCUT2D eigenvalue weighted by Crippen LogP contribution is 1.97. The summed E-state index contributed by atoms with van der Waals surface area (Å²) in [6.07, 6.45) is 26.0. The molecule has 0 heteroatoms. The van der Waals surface area contributed by atoms with Gasteiger partial charge in [0.2, 0.25) is 0 Å². The van der Waals surface area contributed by atoms with Gasteiger partial charge in [0.25, 0.3) is 0 Å². The van der Waals surface area contributed by atoms with Crippen LogP contribution in [0.1, 0.15) is 25.7 Å². The Balaban J connectivity index is 2.45. The van der Waals surface area contributed by atoms with Gasteiger partial charge in [0, 0.05) is 0 Å². The highest BCUT2D eigenvalue weighted by molar-refractivity contribution is 5.10. The fourth-order valence-electron chi connectivity index (χ4n) is 1.21. The van der Waals surface area contributed by atoms with Crippen LogP contribution in [0, 0.1) is 0 Å². The molecule has 74 valence electrons. The zero-order chi connectivity index (χ0) is 9.90. The first-order chi connectivity index (χ1) is 7.00. The molecule has 0 nitrogen and oxygen atoms in total. The zero-order valence-electron chi connectivity index (χ0n) is 8.60. The van der Waals surface area contributed by atoms with Crippen molar-refractivity contribution in [1.29, 1.82) is 0 Å². The first kappa shape index (κ1) is 10.8. The van der Waals surface area contributed by atoms with E-state index in [0.717, 1.165) is 25.7 Å². The van der Waals surface area contributed by atoms with Gasteiger partial charge in [0.05, 0.1) is 0 Å². The highest BCUT2D eigenvalue weighted by atomic mass is 13.8. The molecular formula is C14H18. The first-order valence-electron chi connectivity index (χ1n) is 5.28. The van der Waals surface area contributed by atoms with Crippen molar-refractivity contribution in [3.05, 3.63) is 60.8 Å². The summed E-state index contributed by atoms with van der Waals surface area (Å²) in [4.78, 5) is 0. The van der Waals surface area contributed by atoms with E-state index in [1.807, 2.05) is 0 Å². The predicted octanol–water partition coefficient (Wildman–Crippen LogP) is 4.34. The number of allylic oxidation sites excluding steroid dienone is 10. The van der Waals surface area contributed by atoms with Crippen molar-refractivity contribution < 1.29 is 0 Å². The molecule has 1 rings (SSSR count). The fraction of sp³-hybridized carbons (Fsp3) is 0.286. The molecule has 0 aliphatic heterocycles. The lowest BCUT2D eigenvalue weighted by Crippen LogP contribution is -1.66. The number of rotatable bonds is 0. The minimum atomic E-state index is 1.02. The Bertz CT molecular complexity index is 262. The summed E-state index contributed by atoms with van der Waals surface area (Å²) in [6, 6.07) is 0. The molecule has 1 aliphatic carbocycles. The van der Waals surface area contributed by atoms with Crippen molar-refractivity contribution in [3.8, 4) is 0 Å². The maximum absolute atomic E-state index is 2.24. The summed E-state index contributed by atoms with van der Waals surface area (Å²) < 4.78 is 0. The van der Waals surface area contributed by atoms with E-state index in [1.54, 1.807) is 0 Å². The van der Waals surface area contributed by atoms with E-state index in [9.17, 15) is 0 Å². The molecule has 0 aromatic rings. The highest BCUT2D eigenvalue weighted by Gasteiger charge is 1.76. The Kier molecular flexibility index (Phi) is 6.39. The summed E-state index contributed by atoms with van der Waals surface area (Å²) in [7, 11) is 0. The lowest BCUT2D eigenvalue weighted by atomic mass is 10.2. The van der Waals surface area contributed by atoms with Crippen LogP contribution in [0.3, 0.4) is 0 Å². The van der Waals surface area contributed by atoms with Gasteiger partial charge in [-0.1, -0.05) is 60.8 Å².